The van der Waals surface area contributed by atoms with Gasteiger partial charge in [0.15, 0.2) is 5.03 Å². The molecule has 1 aliphatic rings. The van der Waals surface area contributed by atoms with Gasteiger partial charge in [-0.2, -0.15) is 17.5 Å². The van der Waals surface area contributed by atoms with Gasteiger partial charge in [-0.1, -0.05) is 54.6 Å². The predicted molar refractivity (Wildman–Crippen MR) is 139 cm³/mol. The van der Waals surface area contributed by atoms with Crippen molar-refractivity contribution in [3.63, 3.8) is 0 Å². The van der Waals surface area contributed by atoms with Crippen molar-refractivity contribution in [2.24, 2.45) is 0 Å². The molecule has 202 valence electrons. The maximum Gasteiger partial charge on any atom is 0.416 e. The summed E-state index contributed by atoms with van der Waals surface area (Å²) in [4.78, 5) is 26.1. The number of aromatic nitrogens is 1. The average Bonchev–Trinajstić information content (AvgIpc) is 2.90. The van der Waals surface area contributed by atoms with Gasteiger partial charge in [0.05, 0.1) is 12.7 Å². The molecule has 0 aliphatic carbocycles. The van der Waals surface area contributed by atoms with E-state index in [1.807, 2.05) is 42.5 Å². The third-order valence-corrected chi connectivity index (χ3v) is 8.76. The molecule has 39 heavy (non-hydrogen) atoms. The van der Waals surface area contributed by atoms with Gasteiger partial charge in [-0.25, -0.2) is 13.2 Å². The first-order valence-corrected chi connectivity index (χ1v) is 13.3. The van der Waals surface area contributed by atoms with Crippen molar-refractivity contribution in [1.29, 1.82) is 0 Å². The number of ether oxygens (including phenoxy) is 1. The van der Waals surface area contributed by atoms with Crippen molar-refractivity contribution in [1.82, 2.24) is 8.87 Å². The second-order valence-corrected chi connectivity index (χ2v) is 11.2. The second kappa shape index (κ2) is 9.65. The largest absolute Gasteiger partial charge is 0.467 e. The number of alkyl halides is 3. The number of esters is 1. The van der Waals surface area contributed by atoms with E-state index in [1.165, 1.54) is 25.2 Å². The number of sulfonamides is 1. The zero-order valence-electron chi connectivity index (χ0n) is 20.9. The van der Waals surface area contributed by atoms with Crippen LogP contribution in [0.3, 0.4) is 0 Å². The Morgan fingerprint density at radius 2 is 1.69 bits per heavy atom. The molecule has 1 unspecified atom stereocenters. The molecule has 0 amide bonds. The molecular formula is C28H23F3N2O5S. The fourth-order valence-corrected chi connectivity index (χ4v) is 6.64. The highest BCUT2D eigenvalue weighted by Gasteiger charge is 2.42. The first kappa shape index (κ1) is 26.6. The molecule has 0 radical (unpaired) electrons. The molecule has 0 N–H and O–H groups in total. The Morgan fingerprint density at radius 1 is 1.00 bits per heavy atom. The Bertz CT molecular complexity index is 1780. The van der Waals surface area contributed by atoms with Crippen LogP contribution < -0.4 is 5.56 Å². The lowest BCUT2D eigenvalue weighted by Gasteiger charge is -2.33. The number of carbonyl (C=O) groups is 1. The van der Waals surface area contributed by atoms with Crippen LogP contribution in [0.5, 0.6) is 0 Å². The summed E-state index contributed by atoms with van der Waals surface area (Å²) in [6, 6.07) is 17.1. The zero-order chi connectivity index (χ0) is 28.1. The van der Waals surface area contributed by atoms with E-state index in [1.54, 1.807) is 0 Å². The smallest absolute Gasteiger partial charge is 0.416 e. The van der Waals surface area contributed by atoms with Crippen LogP contribution in [0.4, 0.5) is 13.2 Å². The minimum atomic E-state index is -4.69. The fraction of sp³-hybridized carbons (Fsp3) is 0.214. The molecular weight excluding hydrogens is 533 g/mol. The summed E-state index contributed by atoms with van der Waals surface area (Å²) >= 11 is 0. The number of carbonyl (C=O) groups excluding carboxylic acids is 1. The van der Waals surface area contributed by atoms with Crippen LogP contribution in [0.1, 0.15) is 22.7 Å². The molecule has 0 saturated carbocycles. The lowest BCUT2D eigenvalue weighted by molar-refractivity contribution is -0.145. The second-order valence-electron chi connectivity index (χ2n) is 9.28. The Labute approximate surface area is 222 Å². The standard InChI is InChI=1S/C28H23F3N2O5S/c1-32-16-23(27(35)38-2)33-24(34)15-20(13-18-9-5-8-17-7-3-4-12-22(17)18)25(26(33)39(32,36)37)19-10-6-11-21(14-19)28(29,30)31/h3-12,14-15,23H,13,16H2,1-2H3. The van der Waals surface area contributed by atoms with Gasteiger partial charge in [-0.3, -0.25) is 9.36 Å². The third-order valence-electron chi connectivity index (χ3n) is 6.90. The van der Waals surface area contributed by atoms with Gasteiger partial charge in [0.25, 0.3) is 15.6 Å². The van der Waals surface area contributed by atoms with Gasteiger partial charge in [-0.05, 0) is 46.0 Å². The van der Waals surface area contributed by atoms with Crippen LogP contribution in [0.2, 0.25) is 0 Å². The topological polar surface area (TPSA) is 85.7 Å². The number of hydrogen-bond donors (Lipinski definition) is 0. The molecule has 4 aromatic rings. The summed E-state index contributed by atoms with van der Waals surface area (Å²) in [6.07, 6.45) is -4.64. The predicted octanol–water partition coefficient (Wildman–Crippen LogP) is 4.63. The molecule has 0 fully saturated rings. The van der Waals surface area contributed by atoms with Crippen molar-refractivity contribution in [2.45, 2.75) is 23.7 Å². The van der Waals surface area contributed by atoms with Gasteiger partial charge in [0, 0.05) is 25.2 Å². The highest BCUT2D eigenvalue weighted by molar-refractivity contribution is 7.89. The number of likely N-dealkylation sites (N-methyl/N-ethyl adjacent to an activating group) is 1. The van der Waals surface area contributed by atoms with Crippen LogP contribution in [0, 0.1) is 0 Å². The maximum absolute atomic E-state index is 13.7. The van der Waals surface area contributed by atoms with Crippen molar-refractivity contribution in [2.75, 3.05) is 20.7 Å². The van der Waals surface area contributed by atoms with E-state index in [-0.39, 0.29) is 29.7 Å². The number of pyridine rings is 1. The summed E-state index contributed by atoms with van der Waals surface area (Å²) in [5.41, 5.74) is -0.920. The van der Waals surface area contributed by atoms with Crippen LogP contribution in [-0.4, -0.2) is 44.0 Å². The first-order chi connectivity index (χ1) is 18.4. The third kappa shape index (κ3) is 4.61. The Hall–Kier alpha value is -3.96. The van der Waals surface area contributed by atoms with Gasteiger partial charge in [0.2, 0.25) is 0 Å². The number of nitrogens with zero attached hydrogens (tertiary/aromatic N) is 2. The zero-order valence-corrected chi connectivity index (χ0v) is 21.7. The average molecular weight is 557 g/mol. The van der Waals surface area contributed by atoms with Crippen molar-refractivity contribution < 1.29 is 31.1 Å². The Balaban J connectivity index is 1.87. The van der Waals surface area contributed by atoms with Gasteiger partial charge >= 0.3 is 12.1 Å². The minimum Gasteiger partial charge on any atom is -0.467 e. The monoisotopic (exact) mass is 556 g/mol. The lowest BCUT2D eigenvalue weighted by Crippen LogP contribution is -2.48. The number of fused-ring (bicyclic) bond motifs is 2. The van der Waals surface area contributed by atoms with E-state index in [2.05, 4.69) is 0 Å². The highest BCUT2D eigenvalue weighted by Crippen LogP contribution is 2.40. The van der Waals surface area contributed by atoms with Crippen molar-refractivity contribution in [3.8, 4) is 11.1 Å². The molecule has 3 aromatic carbocycles. The van der Waals surface area contributed by atoms with Gasteiger partial charge in [-0.15, -0.1) is 0 Å². The molecule has 0 bridgehead atoms. The van der Waals surface area contributed by atoms with E-state index in [0.717, 1.165) is 44.5 Å². The summed E-state index contributed by atoms with van der Waals surface area (Å²) in [7, 11) is -2.04. The lowest BCUT2D eigenvalue weighted by atomic mass is 9.93. The molecule has 0 spiro atoms. The van der Waals surface area contributed by atoms with E-state index in [4.69, 9.17) is 4.74 Å². The van der Waals surface area contributed by atoms with Crippen molar-refractivity contribution >= 4 is 26.8 Å². The number of hydrogen-bond acceptors (Lipinski definition) is 5. The normalized spacial score (nSPS) is 17.1. The van der Waals surface area contributed by atoms with E-state index >= 15 is 0 Å². The Morgan fingerprint density at radius 3 is 2.41 bits per heavy atom. The number of halogens is 3. The number of rotatable bonds is 4. The molecule has 1 aliphatic heterocycles. The quantitative estimate of drug-likeness (QED) is 0.343. The summed E-state index contributed by atoms with van der Waals surface area (Å²) in [6.45, 7) is -0.368. The molecule has 1 aromatic heterocycles. The van der Waals surface area contributed by atoms with Gasteiger partial charge < -0.3 is 4.74 Å². The van der Waals surface area contributed by atoms with E-state index in [9.17, 15) is 31.2 Å². The molecule has 0 saturated heterocycles. The van der Waals surface area contributed by atoms with Crippen molar-refractivity contribution in [3.05, 3.63) is 99.8 Å². The number of methoxy groups -OCH3 is 1. The Kier molecular flexibility index (Phi) is 6.59. The van der Waals surface area contributed by atoms with Gasteiger partial charge in [0.1, 0.15) is 6.04 Å². The van der Waals surface area contributed by atoms with Crippen LogP contribution in [0.15, 0.2) is 82.6 Å². The summed E-state index contributed by atoms with van der Waals surface area (Å²) in [5.74, 6) is -0.850. The van der Waals surface area contributed by atoms with E-state index < -0.39 is 44.4 Å². The first-order valence-electron chi connectivity index (χ1n) is 11.9. The molecule has 7 nitrogen and oxygen atoms in total. The SMILES string of the molecule is COC(=O)C1CN(C)S(=O)(=O)c2c(-c3cccc(C(F)(F)F)c3)c(Cc3cccc4ccccc34)cc(=O)n21. The van der Waals surface area contributed by atoms with Crippen LogP contribution >= 0.6 is 0 Å². The van der Waals surface area contributed by atoms with Crippen LogP contribution in [-0.2, 0) is 32.2 Å². The van der Waals surface area contributed by atoms with E-state index in [0.29, 0.717) is 0 Å². The minimum absolute atomic E-state index is 0.0497. The van der Waals surface area contributed by atoms with Crippen LogP contribution in [0.25, 0.3) is 21.9 Å². The molecule has 5 rings (SSSR count). The number of benzene rings is 3. The molecule has 11 heteroatoms. The maximum atomic E-state index is 13.7. The summed E-state index contributed by atoms with van der Waals surface area (Å²) in [5, 5.41) is 1.21. The summed E-state index contributed by atoms with van der Waals surface area (Å²) < 4.78 is 75.0. The molecule has 1 atom stereocenters. The highest BCUT2D eigenvalue weighted by atomic mass is 32.2. The fourth-order valence-electron chi connectivity index (χ4n) is 5.04. The molecule has 2 heterocycles.